The molecule has 0 radical (unpaired) electrons. The molecule has 2 amide bonds. The highest BCUT2D eigenvalue weighted by molar-refractivity contribution is 5.92. The lowest BCUT2D eigenvalue weighted by Gasteiger charge is -2.38. The number of carbonyl (C=O) groups excluding carboxylic acids is 2. The van der Waals surface area contributed by atoms with Gasteiger partial charge in [-0.3, -0.25) is 4.79 Å². The molecule has 1 fully saturated rings. The lowest BCUT2D eigenvalue weighted by molar-refractivity contribution is 0.0130. The van der Waals surface area contributed by atoms with Gasteiger partial charge in [-0.15, -0.1) is 0 Å². The van der Waals surface area contributed by atoms with Crippen molar-refractivity contribution in [1.29, 1.82) is 0 Å². The topological polar surface area (TPSA) is 54.8 Å². The molecule has 1 aromatic rings. The van der Waals surface area contributed by atoms with E-state index in [1.807, 2.05) is 55.6 Å². The first-order valence-corrected chi connectivity index (χ1v) is 8.05. The summed E-state index contributed by atoms with van der Waals surface area (Å²) in [5.41, 5.74) is 0.157. The van der Waals surface area contributed by atoms with E-state index in [0.717, 1.165) is 19.4 Å². The summed E-state index contributed by atoms with van der Waals surface area (Å²) < 4.78 is 7.24. The van der Waals surface area contributed by atoms with Crippen LogP contribution in [0.1, 0.15) is 44.1 Å². The second-order valence-corrected chi connectivity index (χ2v) is 7.14. The zero-order chi connectivity index (χ0) is 17.2. The predicted molar refractivity (Wildman–Crippen MR) is 88.3 cm³/mol. The van der Waals surface area contributed by atoms with Gasteiger partial charge in [-0.25, -0.2) is 4.79 Å². The third-order valence-corrected chi connectivity index (χ3v) is 4.08. The van der Waals surface area contributed by atoms with Crippen LogP contribution >= 0.6 is 0 Å². The minimum Gasteiger partial charge on any atom is -0.444 e. The average Bonchev–Trinajstić information content (AvgIpc) is 2.90. The Morgan fingerprint density at radius 2 is 2.04 bits per heavy atom. The summed E-state index contributed by atoms with van der Waals surface area (Å²) in [6.45, 7) is 6.82. The fourth-order valence-corrected chi connectivity index (χ4v) is 2.78. The van der Waals surface area contributed by atoms with Crippen LogP contribution in [0.4, 0.5) is 4.79 Å². The minimum atomic E-state index is -0.515. The SMILES string of the molecule is CN(C(=O)OC(C)(C)C)[C@H]1CCCN(C(=O)c2cccn2C)C1. The number of amides is 2. The molecule has 0 saturated carbocycles. The Kier molecular flexibility index (Phi) is 5.02. The Morgan fingerprint density at radius 1 is 1.35 bits per heavy atom. The third-order valence-electron chi connectivity index (χ3n) is 4.08. The molecule has 0 unspecified atom stereocenters. The molecule has 0 aromatic carbocycles. The first kappa shape index (κ1) is 17.4. The molecule has 6 heteroatoms. The number of aromatic nitrogens is 1. The van der Waals surface area contributed by atoms with Crippen molar-refractivity contribution in [3.8, 4) is 0 Å². The van der Waals surface area contributed by atoms with E-state index < -0.39 is 5.60 Å². The van der Waals surface area contributed by atoms with Crippen molar-refractivity contribution < 1.29 is 14.3 Å². The molecule has 2 rings (SSSR count). The molecule has 1 aliphatic rings. The highest BCUT2D eigenvalue weighted by atomic mass is 16.6. The van der Waals surface area contributed by atoms with Gasteiger partial charge in [0, 0.05) is 33.4 Å². The zero-order valence-electron chi connectivity index (χ0n) is 14.7. The number of hydrogen-bond donors (Lipinski definition) is 0. The monoisotopic (exact) mass is 321 g/mol. The molecule has 1 saturated heterocycles. The molecule has 0 spiro atoms. The summed E-state index contributed by atoms with van der Waals surface area (Å²) in [5.74, 6) is 0.0137. The molecule has 128 valence electrons. The highest BCUT2D eigenvalue weighted by Gasteiger charge is 2.31. The number of piperidine rings is 1. The average molecular weight is 321 g/mol. The van der Waals surface area contributed by atoms with Gasteiger partial charge < -0.3 is 19.1 Å². The van der Waals surface area contributed by atoms with Crippen molar-refractivity contribution in [2.75, 3.05) is 20.1 Å². The van der Waals surface area contributed by atoms with Crippen molar-refractivity contribution in [3.05, 3.63) is 24.0 Å². The molecule has 1 aliphatic heterocycles. The summed E-state index contributed by atoms with van der Waals surface area (Å²) >= 11 is 0. The van der Waals surface area contributed by atoms with Crippen LogP contribution < -0.4 is 0 Å². The van der Waals surface area contributed by atoms with Gasteiger partial charge in [-0.1, -0.05) is 0 Å². The highest BCUT2D eigenvalue weighted by Crippen LogP contribution is 2.19. The van der Waals surface area contributed by atoms with Crippen LogP contribution in [-0.4, -0.2) is 58.1 Å². The van der Waals surface area contributed by atoms with Crippen molar-refractivity contribution >= 4 is 12.0 Å². The van der Waals surface area contributed by atoms with E-state index in [1.54, 1.807) is 11.9 Å². The predicted octanol–water partition coefficient (Wildman–Crippen LogP) is 2.50. The van der Waals surface area contributed by atoms with Crippen molar-refractivity contribution in [3.63, 3.8) is 0 Å². The Hall–Kier alpha value is -1.98. The largest absolute Gasteiger partial charge is 0.444 e. The molecule has 0 N–H and O–H groups in total. The van der Waals surface area contributed by atoms with Gasteiger partial charge in [0.05, 0.1) is 6.04 Å². The summed E-state index contributed by atoms with van der Waals surface area (Å²) in [5, 5.41) is 0. The van der Waals surface area contributed by atoms with Gasteiger partial charge in [0.1, 0.15) is 11.3 Å². The Bertz CT molecular complexity index is 574. The van der Waals surface area contributed by atoms with Crippen LogP contribution in [0, 0.1) is 0 Å². The van der Waals surface area contributed by atoms with E-state index in [1.165, 1.54) is 0 Å². The number of ether oxygens (including phenoxy) is 1. The maximum atomic E-state index is 12.6. The van der Waals surface area contributed by atoms with Gasteiger partial charge in [0.25, 0.3) is 5.91 Å². The maximum absolute atomic E-state index is 12.6. The van der Waals surface area contributed by atoms with Crippen LogP contribution in [0.5, 0.6) is 0 Å². The molecule has 1 atom stereocenters. The van der Waals surface area contributed by atoms with Crippen molar-refractivity contribution in [2.24, 2.45) is 7.05 Å². The smallest absolute Gasteiger partial charge is 0.410 e. The van der Waals surface area contributed by atoms with E-state index in [9.17, 15) is 9.59 Å². The molecular weight excluding hydrogens is 294 g/mol. The second kappa shape index (κ2) is 6.64. The normalized spacial score (nSPS) is 18.7. The number of carbonyl (C=O) groups is 2. The molecule has 2 heterocycles. The third kappa shape index (κ3) is 4.27. The summed E-state index contributed by atoms with van der Waals surface area (Å²) in [7, 11) is 3.61. The molecular formula is C17H27N3O3. The molecule has 6 nitrogen and oxygen atoms in total. The van der Waals surface area contributed by atoms with Gasteiger partial charge in [-0.2, -0.15) is 0 Å². The first-order chi connectivity index (χ1) is 10.7. The minimum absolute atomic E-state index is 0.0113. The Morgan fingerprint density at radius 3 is 2.61 bits per heavy atom. The van der Waals surface area contributed by atoms with E-state index in [-0.39, 0.29) is 18.0 Å². The fraction of sp³-hybridized carbons (Fsp3) is 0.647. The van der Waals surface area contributed by atoms with Crippen LogP contribution in [0.25, 0.3) is 0 Å². The van der Waals surface area contributed by atoms with E-state index >= 15 is 0 Å². The summed E-state index contributed by atoms with van der Waals surface area (Å²) in [6, 6.07) is 3.67. The number of rotatable bonds is 2. The van der Waals surface area contributed by atoms with Crippen LogP contribution in [0.15, 0.2) is 18.3 Å². The number of aryl methyl sites for hydroxylation is 1. The maximum Gasteiger partial charge on any atom is 0.410 e. The number of hydrogen-bond acceptors (Lipinski definition) is 3. The van der Waals surface area contributed by atoms with E-state index in [0.29, 0.717) is 12.2 Å². The lowest BCUT2D eigenvalue weighted by atomic mass is 10.0. The number of nitrogens with zero attached hydrogens (tertiary/aromatic N) is 3. The van der Waals surface area contributed by atoms with Gasteiger partial charge in [0.15, 0.2) is 0 Å². The summed E-state index contributed by atoms with van der Waals surface area (Å²) in [6.07, 6.45) is 3.29. The van der Waals surface area contributed by atoms with Crippen molar-refractivity contribution in [1.82, 2.24) is 14.4 Å². The molecule has 0 aliphatic carbocycles. The molecule has 1 aromatic heterocycles. The molecule has 23 heavy (non-hydrogen) atoms. The fourth-order valence-electron chi connectivity index (χ4n) is 2.78. The van der Waals surface area contributed by atoms with Crippen LogP contribution in [0.3, 0.4) is 0 Å². The standard InChI is InChI=1S/C17H27N3O3/c1-17(2,3)23-16(22)19(5)13-8-6-11-20(12-13)15(21)14-9-7-10-18(14)4/h7,9-10,13H,6,8,11-12H2,1-5H3/t13-/m0/s1. The quantitative estimate of drug-likeness (QED) is 0.841. The lowest BCUT2D eigenvalue weighted by Crippen LogP contribution is -2.51. The first-order valence-electron chi connectivity index (χ1n) is 8.05. The molecule has 0 bridgehead atoms. The van der Waals surface area contributed by atoms with Gasteiger partial charge in [0.2, 0.25) is 0 Å². The Labute approximate surface area is 138 Å². The summed E-state index contributed by atoms with van der Waals surface area (Å²) in [4.78, 5) is 28.3. The van der Waals surface area contributed by atoms with Crippen molar-refractivity contribution in [2.45, 2.75) is 45.3 Å². The van der Waals surface area contributed by atoms with E-state index in [4.69, 9.17) is 4.74 Å². The van der Waals surface area contributed by atoms with Crippen LogP contribution in [0.2, 0.25) is 0 Å². The second-order valence-electron chi connectivity index (χ2n) is 7.14. The van der Waals surface area contributed by atoms with Gasteiger partial charge >= 0.3 is 6.09 Å². The number of likely N-dealkylation sites (tertiary alicyclic amines) is 1. The Balaban J connectivity index is 2.02. The zero-order valence-corrected chi connectivity index (χ0v) is 14.7. The number of likely N-dealkylation sites (N-methyl/N-ethyl adjacent to an activating group) is 1. The van der Waals surface area contributed by atoms with Crippen LogP contribution in [-0.2, 0) is 11.8 Å². The van der Waals surface area contributed by atoms with Gasteiger partial charge in [-0.05, 0) is 45.7 Å². The van der Waals surface area contributed by atoms with E-state index in [2.05, 4.69) is 0 Å².